The summed E-state index contributed by atoms with van der Waals surface area (Å²) in [4.78, 5) is 8.74. The molecule has 0 unspecified atom stereocenters. The highest BCUT2D eigenvalue weighted by Gasteiger charge is 2.21. The van der Waals surface area contributed by atoms with E-state index in [4.69, 9.17) is 9.47 Å². The van der Waals surface area contributed by atoms with Gasteiger partial charge in [0.15, 0.2) is 23.1 Å². The van der Waals surface area contributed by atoms with E-state index < -0.39 is 0 Å². The van der Waals surface area contributed by atoms with Crippen LogP contribution in [0.2, 0.25) is 0 Å². The third kappa shape index (κ3) is 7.48. The molecule has 170 valence electrons. The van der Waals surface area contributed by atoms with Gasteiger partial charge in [0, 0.05) is 5.56 Å². The molecule has 0 spiro atoms. The van der Waals surface area contributed by atoms with Crippen LogP contribution in [0.25, 0.3) is 11.4 Å². The van der Waals surface area contributed by atoms with Crippen molar-refractivity contribution in [3.05, 3.63) is 36.4 Å². The Kier molecular flexibility index (Phi) is 9.57. The van der Waals surface area contributed by atoms with Gasteiger partial charge >= 0.3 is 0 Å². The highest BCUT2D eigenvalue weighted by molar-refractivity contribution is 5.56. The summed E-state index contributed by atoms with van der Waals surface area (Å²) in [6.07, 6.45) is 15.9. The lowest BCUT2D eigenvalue weighted by Gasteiger charge is -2.28. The molecule has 0 amide bonds. The van der Waals surface area contributed by atoms with Crippen molar-refractivity contribution in [3.63, 3.8) is 0 Å². The molecule has 3 rings (SSSR count). The number of hydrogen-bond donors (Lipinski definition) is 0. The number of rotatable bonds is 12. The first-order valence-corrected chi connectivity index (χ1v) is 12.1. The maximum atomic E-state index is 14.3. The molecule has 2 aromatic rings. The lowest BCUT2D eigenvalue weighted by atomic mass is 9.80. The predicted molar refractivity (Wildman–Crippen MR) is 123 cm³/mol. The lowest BCUT2D eigenvalue weighted by molar-refractivity contribution is 0.177. The monoisotopic (exact) mass is 428 g/mol. The molecule has 0 saturated heterocycles. The van der Waals surface area contributed by atoms with Gasteiger partial charge in [0.05, 0.1) is 25.6 Å². The van der Waals surface area contributed by atoms with E-state index in [0.29, 0.717) is 29.7 Å². The summed E-state index contributed by atoms with van der Waals surface area (Å²) in [5.74, 6) is 2.58. The van der Waals surface area contributed by atoms with Gasteiger partial charge in [-0.2, -0.15) is 0 Å². The molecule has 1 aromatic carbocycles. The molecule has 1 aliphatic carbocycles. The quantitative estimate of drug-likeness (QED) is 0.335. The van der Waals surface area contributed by atoms with Crippen LogP contribution in [0.3, 0.4) is 0 Å². The fourth-order valence-corrected chi connectivity index (χ4v) is 4.21. The molecule has 0 radical (unpaired) electrons. The van der Waals surface area contributed by atoms with E-state index in [0.717, 1.165) is 25.4 Å². The Morgan fingerprint density at radius 3 is 2.29 bits per heavy atom. The van der Waals surface area contributed by atoms with Gasteiger partial charge in [-0.1, -0.05) is 58.8 Å². The molecule has 1 heterocycles. The summed E-state index contributed by atoms with van der Waals surface area (Å²) in [6, 6.07) is 4.86. The van der Waals surface area contributed by atoms with Crippen molar-refractivity contribution >= 4 is 0 Å². The molecule has 1 saturated carbocycles. The largest absolute Gasteiger partial charge is 0.491 e. The molecule has 31 heavy (non-hydrogen) atoms. The maximum Gasteiger partial charge on any atom is 0.165 e. The van der Waals surface area contributed by atoms with Gasteiger partial charge in [0.25, 0.3) is 0 Å². The molecule has 0 bridgehead atoms. The van der Waals surface area contributed by atoms with Crippen molar-refractivity contribution in [2.75, 3.05) is 13.2 Å². The molecule has 0 atom stereocenters. The van der Waals surface area contributed by atoms with Gasteiger partial charge in [0.2, 0.25) is 0 Å². The Hall–Kier alpha value is -2.17. The normalized spacial score (nSPS) is 18.7. The molecule has 1 aliphatic rings. The van der Waals surface area contributed by atoms with Crippen molar-refractivity contribution < 1.29 is 13.9 Å². The zero-order chi connectivity index (χ0) is 21.9. The van der Waals surface area contributed by atoms with Crippen molar-refractivity contribution in [1.29, 1.82) is 0 Å². The van der Waals surface area contributed by atoms with Gasteiger partial charge < -0.3 is 9.47 Å². The lowest BCUT2D eigenvalue weighted by Crippen LogP contribution is -2.20. The van der Waals surface area contributed by atoms with Crippen LogP contribution in [0.1, 0.15) is 78.1 Å². The third-order valence-corrected chi connectivity index (χ3v) is 6.24. The molecule has 1 fully saturated rings. The topological polar surface area (TPSA) is 44.2 Å². The molecular weight excluding hydrogens is 391 g/mol. The summed E-state index contributed by atoms with van der Waals surface area (Å²) in [6.45, 7) is 5.59. The fourth-order valence-electron chi connectivity index (χ4n) is 4.21. The first-order valence-electron chi connectivity index (χ1n) is 12.1. The van der Waals surface area contributed by atoms with Crippen molar-refractivity contribution in [2.45, 2.75) is 78.1 Å². The molecule has 1 aromatic heterocycles. The maximum absolute atomic E-state index is 14.3. The van der Waals surface area contributed by atoms with Crippen molar-refractivity contribution in [3.8, 4) is 22.9 Å². The SMILES string of the molecule is CCCCC[C@H]1CC[C@H](COc2cnc(-c3ccc(OCCCC)c(F)c3)nc2)CC1. The van der Waals surface area contributed by atoms with E-state index in [9.17, 15) is 4.39 Å². The van der Waals surface area contributed by atoms with E-state index >= 15 is 0 Å². The smallest absolute Gasteiger partial charge is 0.165 e. The van der Waals surface area contributed by atoms with Crippen LogP contribution in [0.15, 0.2) is 30.6 Å². The summed E-state index contributed by atoms with van der Waals surface area (Å²) >= 11 is 0. The molecule has 5 heteroatoms. The highest BCUT2D eigenvalue weighted by atomic mass is 19.1. The number of aromatic nitrogens is 2. The summed E-state index contributed by atoms with van der Waals surface area (Å²) in [7, 11) is 0. The predicted octanol–water partition coefficient (Wildman–Crippen LogP) is 7.23. The van der Waals surface area contributed by atoms with E-state index in [1.165, 1.54) is 57.4 Å². The standard InChI is InChI=1S/C26H37FN2O2/c1-3-5-7-8-20-9-11-21(12-10-20)19-31-23-17-28-26(29-18-23)22-13-14-25(24(27)16-22)30-15-6-4-2/h13-14,16-18,20-21H,3-12,15,19H2,1-2H3/t20-,21-. The van der Waals surface area contributed by atoms with E-state index in [1.807, 2.05) is 0 Å². The molecule has 0 N–H and O–H groups in total. The zero-order valence-corrected chi connectivity index (χ0v) is 19.1. The fraction of sp³-hybridized carbons (Fsp3) is 0.615. The van der Waals surface area contributed by atoms with Crippen LogP contribution in [-0.2, 0) is 0 Å². The van der Waals surface area contributed by atoms with Crippen LogP contribution in [-0.4, -0.2) is 23.2 Å². The Morgan fingerprint density at radius 2 is 1.61 bits per heavy atom. The molecular formula is C26H37FN2O2. The van der Waals surface area contributed by atoms with Crippen LogP contribution in [0, 0.1) is 17.7 Å². The minimum absolute atomic E-state index is 0.275. The number of unbranched alkanes of at least 4 members (excludes halogenated alkanes) is 3. The number of ether oxygens (including phenoxy) is 2. The zero-order valence-electron chi connectivity index (χ0n) is 19.1. The first-order chi connectivity index (χ1) is 15.2. The highest BCUT2D eigenvalue weighted by Crippen LogP contribution is 2.32. The average molecular weight is 429 g/mol. The van der Waals surface area contributed by atoms with Gasteiger partial charge in [-0.3, -0.25) is 0 Å². The second-order valence-electron chi connectivity index (χ2n) is 8.78. The van der Waals surface area contributed by atoms with Crippen LogP contribution in [0.5, 0.6) is 11.5 Å². The second kappa shape index (κ2) is 12.6. The number of benzene rings is 1. The minimum atomic E-state index is -0.386. The Balaban J connectivity index is 1.45. The minimum Gasteiger partial charge on any atom is -0.491 e. The van der Waals surface area contributed by atoms with Crippen molar-refractivity contribution in [1.82, 2.24) is 9.97 Å². The second-order valence-corrected chi connectivity index (χ2v) is 8.78. The van der Waals surface area contributed by atoms with Crippen LogP contribution in [0.4, 0.5) is 4.39 Å². The molecule has 4 nitrogen and oxygen atoms in total. The van der Waals surface area contributed by atoms with E-state index in [-0.39, 0.29) is 11.6 Å². The third-order valence-electron chi connectivity index (χ3n) is 6.24. The Bertz CT molecular complexity index is 773. The number of halogens is 1. The van der Waals surface area contributed by atoms with E-state index in [2.05, 4.69) is 23.8 Å². The van der Waals surface area contributed by atoms with E-state index in [1.54, 1.807) is 24.5 Å². The van der Waals surface area contributed by atoms with Gasteiger partial charge in [-0.15, -0.1) is 0 Å². The Morgan fingerprint density at radius 1 is 0.903 bits per heavy atom. The summed E-state index contributed by atoms with van der Waals surface area (Å²) < 4.78 is 25.7. The van der Waals surface area contributed by atoms with Gasteiger partial charge in [0.1, 0.15) is 0 Å². The summed E-state index contributed by atoms with van der Waals surface area (Å²) in [5.41, 5.74) is 0.633. The first kappa shape index (κ1) is 23.5. The number of hydrogen-bond acceptors (Lipinski definition) is 4. The van der Waals surface area contributed by atoms with Crippen LogP contribution < -0.4 is 9.47 Å². The molecule has 0 aliphatic heterocycles. The van der Waals surface area contributed by atoms with Crippen LogP contribution >= 0.6 is 0 Å². The number of nitrogens with zero attached hydrogens (tertiary/aromatic N) is 2. The Labute approximate surface area is 186 Å². The average Bonchev–Trinajstić information content (AvgIpc) is 2.80. The summed E-state index contributed by atoms with van der Waals surface area (Å²) in [5, 5.41) is 0. The van der Waals surface area contributed by atoms with Gasteiger partial charge in [-0.25, -0.2) is 14.4 Å². The van der Waals surface area contributed by atoms with Gasteiger partial charge in [-0.05, 0) is 49.3 Å². The van der Waals surface area contributed by atoms with Crippen molar-refractivity contribution in [2.24, 2.45) is 11.8 Å².